The number of hydrogen-bond donors (Lipinski definition) is 1. The van der Waals surface area contributed by atoms with Gasteiger partial charge in [-0.25, -0.2) is 18.9 Å². The van der Waals surface area contributed by atoms with Gasteiger partial charge in [-0.3, -0.25) is 4.79 Å². The number of carbonyl (C=O) groups excluding carboxylic acids is 1. The summed E-state index contributed by atoms with van der Waals surface area (Å²) in [5.74, 6) is 0.407. The summed E-state index contributed by atoms with van der Waals surface area (Å²) < 4.78 is 8.11. The second-order valence-corrected chi connectivity index (χ2v) is 6.14. The van der Waals surface area contributed by atoms with E-state index in [1.807, 2.05) is 43.3 Å². The number of rotatable bonds is 5. The van der Waals surface area contributed by atoms with E-state index in [-0.39, 0.29) is 24.0 Å². The lowest BCUT2D eigenvalue weighted by Gasteiger charge is -2.07. The van der Waals surface area contributed by atoms with Gasteiger partial charge in [-0.05, 0) is 30.7 Å². The third-order valence-electron chi connectivity index (χ3n) is 4.14. The fourth-order valence-electron chi connectivity index (χ4n) is 2.74. The maximum atomic E-state index is 12.6. The van der Waals surface area contributed by atoms with Crippen molar-refractivity contribution in [2.24, 2.45) is 0 Å². The van der Waals surface area contributed by atoms with Crippen LogP contribution in [0.15, 0.2) is 71.8 Å². The smallest absolute Gasteiger partial charge is 0.351 e. The molecule has 0 aliphatic rings. The van der Waals surface area contributed by atoms with Crippen LogP contribution in [0.5, 0.6) is 11.6 Å². The lowest BCUT2D eigenvalue weighted by atomic mass is 10.2. The van der Waals surface area contributed by atoms with Gasteiger partial charge < -0.3 is 10.1 Å². The third kappa shape index (κ3) is 3.48. The summed E-state index contributed by atoms with van der Waals surface area (Å²) in [5.41, 5.74) is 1.41. The number of anilines is 1. The minimum Gasteiger partial charge on any atom is -0.436 e. The van der Waals surface area contributed by atoms with Gasteiger partial charge in [0.05, 0.1) is 0 Å². The van der Waals surface area contributed by atoms with Crippen molar-refractivity contribution in [2.75, 3.05) is 5.32 Å². The minimum atomic E-state index is -0.449. The molecule has 0 bridgehead atoms. The highest BCUT2D eigenvalue weighted by Gasteiger charge is 2.16. The second-order valence-electron chi connectivity index (χ2n) is 6.14. The molecule has 2 heterocycles. The fourth-order valence-corrected chi connectivity index (χ4v) is 2.74. The van der Waals surface area contributed by atoms with E-state index in [0.717, 1.165) is 10.2 Å². The Morgan fingerprint density at radius 2 is 1.86 bits per heavy atom. The molecule has 0 saturated heterocycles. The number of aromatic nitrogens is 4. The van der Waals surface area contributed by atoms with Crippen molar-refractivity contribution in [3.05, 3.63) is 83.0 Å². The van der Waals surface area contributed by atoms with Crippen LogP contribution in [-0.2, 0) is 11.3 Å². The van der Waals surface area contributed by atoms with E-state index >= 15 is 0 Å². The lowest BCUT2D eigenvalue weighted by molar-refractivity contribution is -0.117. The SMILES string of the molecule is Cc1ccccc1NC(=O)Cn1nc2c(Oc3ccccc3)nccn2c1=O. The summed E-state index contributed by atoms with van der Waals surface area (Å²) in [6, 6.07) is 16.5. The number of carbonyl (C=O) groups is 1. The quantitative estimate of drug-likeness (QED) is 0.579. The van der Waals surface area contributed by atoms with Crippen LogP contribution in [0.3, 0.4) is 0 Å². The van der Waals surface area contributed by atoms with Crippen LogP contribution < -0.4 is 15.7 Å². The van der Waals surface area contributed by atoms with Crippen molar-refractivity contribution in [3.8, 4) is 11.6 Å². The van der Waals surface area contributed by atoms with E-state index in [9.17, 15) is 9.59 Å². The van der Waals surface area contributed by atoms with E-state index in [2.05, 4.69) is 15.4 Å². The van der Waals surface area contributed by atoms with E-state index in [4.69, 9.17) is 4.74 Å². The van der Waals surface area contributed by atoms with E-state index < -0.39 is 5.69 Å². The largest absolute Gasteiger partial charge is 0.436 e. The van der Waals surface area contributed by atoms with Crippen molar-refractivity contribution in [1.82, 2.24) is 19.2 Å². The number of para-hydroxylation sites is 2. The maximum absolute atomic E-state index is 12.6. The lowest BCUT2D eigenvalue weighted by Crippen LogP contribution is -2.28. The highest BCUT2D eigenvalue weighted by Crippen LogP contribution is 2.21. The molecule has 1 N–H and O–H groups in total. The molecule has 8 nitrogen and oxygen atoms in total. The van der Waals surface area contributed by atoms with Crippen LogP contribution >= 0.6 is 0 Å². The Bertz CT molecular complexity index is 1200. The van der Waals surface area contributed by atoms with Gasteiger partial charge in [0, 0.05) is 18.1 Å². The summed E-state index contributed by atoms with van der Waals surface area (Å²) in [6.07, 6.45) is 2.93. The maximum Gasteiger partial charge on any atom is 0.351 e. The van der Waals surface area contributed by atoms with E-state index in [1.165, 1.54) is 16.8 Å². The number of nitrogens with zero attached hydrogens (tertiary/aromatic N) is 4. The molecule has 0 aliphatic heterocycles. The molecule has 0 spiro atoms. The van der Waals surface area contributed by atoms with E-state index in [1.54, 1.807) is 18.2 Å². The molecule has 4 rings (SSSR count). The van der Waals surface area contributed by atoms with Gasteiger partial charge in [-0.15, -0.1) is 5.10 Å². The van der Waals surface area contributed by atoms with Gasteiger partial charge in [0.25, 0.3) is 5.88 Å². The van der Waals surface area contributed by atoms with E-state index in [0.29, 0.717) is 11.4 Å². The zero-order valence-electron chi connectivity index (χ0n) is 15.1. The number of amides is 1. The van der Waals surface area contributed by atoms with Crippen molar-refractivity contribution < 1.29 is 9.53 Å². The first-order valence-electron chi connectivity index (χ1n) is 8.64. The van der Waals surface area contributed by atoms with Gasteiger partial charge in [0.15, 0.2) is 0 Å². The Hall–Kier alpha value is -3.94. The van der Waals surface area contributed by atoms with Crippen molar-refractivity contribution in [3.63, 3.8) is 0 Å². The zero-order chi connectivity index (χ0) is 19.5. The Labute approximate surface area is 160 Å². The minimum absolute atomic E-state index is 0.184. The molecule has 0 saturated carbocycles. The molecule has 2 aromatic heterocycles. The van der Waals surface area contributed by atoms with Crippen molar-refractivity contribution in [1.29, 1.82) is 0 Å². The summed E-state index contributed by atoms with van der Waals surface area (Å²) in [4.78, 5) is 29.1. The van der Waals surface area contributed by atoms with Crippen molar-refractivity contribution in [2.45, 2.75) is 13.5 Å². The third-order valence-corrected chi connectivity index (χ3v) is 4.14. The number of benzene rings is 2. The molecule has 0 unspecified atom stereocenters. The highest BCUT2D eigenvalue weighted by atomic mass is 16.5. The average molecular weight is 375 g/mol. The number of fused-ring (bicyclic) bond motifs is 1. The van der Waals surface area contributed by atoms with Crippen LogP contribution in [0.1, 0.15) is 5.56 Å². The first-order chi connectivity index (χ1) is 13.6. The standard InChI is InChI=1S/C20H17N5O3/c1-14-7-5-6-10-16(14)22-17(26)13-25-20(27)24-12-11-21-19(18(24)23-25)28-15-8-3-2-4-9-15/h2-12H,13H2,1H3,(H,22,26). The number of ether oxygens (including phenoxy) is 1. The number of aryl methyl sites for hydroxylation is 1. The fraction of sp³-hybridized carbons (Fsp3) is 0.100. The topological polar surface area (TPSA) is 90.5 Å². The molecule has 4 aromatic rings. The first kappa shape index (κ1) is 17.5. The number of nitrogens with one attached hydrogen (secondary N) is 1. The van der Waals surface area contributed by atoms with Gasteiger partial charge in [-0.2, -0.15) is 0 Å². The van der Waals surface area contributed by atoms with Gasteiger partial charge in [0.2, 0.25) is 11.6 Å². The molecule has 0 radical (unpaired) electrons. The van der Waals surface area contributed by atoms with Gasteiger partial charge in [0.1, 0.15) is 12.3 Å². The molecular weight excluding hydrogens is 358 g/mol. The normalized spacial score (nSPS) is 10.8. The van der Waals surface area contributed by atoms with Crippen LogP contribution in [0, 0.1) is 6.92 Å². The van der Waals surface area contributed by atoms with Crippen LogP contribution in [0.2, 0.25) is 0 Å². The molecular formula is C20H17N5O3. The number of hydrogen-bond acceptors (Lipinski definition) is 5. The summed E-state index contributed by atoms with van der Waals surface area (Å²) in [5, 5.41) is 7.02. The summed E-state index contributed by atoms with van der Waals surface area (Å²) in [6.45, 7) is 1.67. The Morgan fingerprint density at radius 3 is 2.64 bits per heavy atom. The molecule has 8 heteroatoms. The van der Waals surface area contributed by atoms with Crippen LogP contribution in [-0.4, -0.2) is 25.1 Å². The van der Waals surface area contributed by atoms with Crippen LogP contribution in [0.25, 0.3) is 5.65 Å². The molecule has 0 atom stereocenters. The molecule has 2 aromatic carbocycles. The molecule has 0 fully saturated rings. The van der Waals surface area contributed by atoms with Gasteiger partial charge >= 0.3 is 5.69 Å². The monoisotopic (exact) mass is 375 g/mol. The Kier molecular flexibility index (Phi) is 4.59. The Morgan fingerprint density at radius 1 is 1.11 bits per heavy atom. The molecule has 28 heavy (non-hydrogen) atoms. The molecule has 140 valence electrons. The summed E-state index contributed by atoms with van der Waals surface area (Å²) in [7, 11) is 0. The van der Waals surface area contributed by atoms with Gasteiger partial charge in [-0.1, -0.05) is 36.4 Å². The predicted octanol–water partition coefficient (Wildman–Crippen LogP) is 2.63. The molecule has 1 amide bonds. The first-order valence-corrected chi connectivity index (χ1v) is 8.64. The average Bonchev–Trinajstić information content (AvgIpc) is 3.01. The predicted molar refractivity (Wildman–Crippen MR) is 104 cm³/mol. The van der Waals surface area contributed by atoms with Crippen molar-refractivity contribution >= 4 is 17.2 Å². The molecule has 0 aliphatic carbocycles. The van der Waals surface area contributed by atoms with Crippen LogP contribution in [0.4, 0.5) is 5.69 Å². The Balaban J connectivity index is 1.61. The highest BCUT2D eigenvalue weighted by molar-refractivity contribution is 5.91. The zero-order valence-corrected chi connectivity index (χ0v) is 15.1. The summed E-state index contributed by atoms with van der Waals surface area (Å²) >= 11 is 0. The second kappa shape index (κ2) is 7.36.